The third kappa shape index (κ3) is 2.95. The lowest BCUT2D eigenvalue weighted by Crippen LogP contribution is -2.53. The standard InChI is InChI=1S/C12H24N2O2/c1-4-8(2)11(13)12(16)14-6-5-9(3)10(15)7-14/h8-11,15H,4-7,13H2,1-3H3/t8-,9?,10?,11-/m0/s1. The van der Waals surface area contributed by atoms with Gasteiger partial charge in [0.1, 0.15) is 0 Å². The first-order valence-electron chi connectivity index (χ1n) is 6.19. The number of amides is 1. The fourth-order valence-corrected chi connectivity index (χ4v) is 1.96. The Hall–Kier alpha value is -0.610. The van der Waals surface area contributed by atoms with Crippen molar-refractivity contribution in [2.75, 3.05) is 13.1 Å². The first kappa shape index (κ1) is 13.5. The molecule has 0 aliphatic carbocycles. The highest BCUT2D eigenvalue weighted by Crippen LogP contribution is 2.18. The number of aliphatic hydroxyl groups excluding tert-OH is 1. The van der Waals surface area contributed by atoms with Crippen LogP contribution in [-0.2, 0) is 4.79 Å². The Kier molecular flexibility index (Phi) is 4.74. The second kappa shape index (κ2) is 5.64. The Balaban J connectivity index is 2.55. The fraction of sp³-hybridized carbons (Fsp3) is 0.917. The molecule has 0 aromatic rings. The molecule has 4 nitrogen and oxygen atoms in total. The van der Waals surface area contributed by atoms with E-state index < -0.39 is 12.1 Å². The van der Waals surface area contributed by atoms with Gasteiger partial charge < -0.3 is 15.7 Å². The summed E-state index contributed by atoms with van der Waals surface area (Å²) in [6.45, 7) is 7.20. The van der Waals surface area contributed by atoms with E-state index in [1.807, 2.05) is 20.8 Å². The maximum absolute atomic E-state index is 12.0. The first-order chi connectivity index (χ1) is 7.47. The summed E-state index contributed by atoms with van der Waals surface area (Å²) in [6, 6.07) is -0.425. The number of hydrogen-bond acceptors (Lipinski definition) is 3. The van der Waals surface area contributed by atoms with Crippen molar-refractivity contribution in [3.05, 3.63) is 0 Å². The summed E-state index contributed by atoms with van der Waals surface area (Å²) >= 11 is 0. The molecular formula is C12H24N2O2. The van der Waals surface area contributed by atoms with Crippen LogP contribution in [0.25, 0.3) is 0 Å². The number of β-amino-alcohol motifs (C(OH)–C–C–N with tert-alkyl or cyclic N) is 1. The average Bonchev–Trinajstić information content (AvgIpc) is 2.29. The molecule has 1 saturated heterocycles. The van der Waals surface area contributed by atoms with E-state index in [0.717, 1.165) is 19.4 Å². The van der Waals surface area contributed by atoms with Gasteiger partial charge in [0.05, 0.1) is 12.1 Å². The molecule has 4 heteroatoms. The van der Waals surface area contributed by atoms with Crippen LogP contribution in [0, 0.1) is 11.8 Å². The number of piperidine rings is 1. The molecule has 1 rings (SSSR count). The van der Waals surface area contributed by atoms with E-state index in [2.05, 4.69) is 0 Å². The molecule has 1 amide bonds. The van der Waals surface area contributed by atoms with Gasteiger partial charge in [0.2, 0.25) is 5.91 Å². The van der Waals surface area contributed by atoms with E-state index in [4.69, 9.17) is 5.73 Å². The van der Waals surface area contributed by atoms with Gasteiger partial charge in [0.25, 0.3) is 0 Å². The van der Waals surface area contributed by atoms with E-state index in [9.17, 15) is 9.90 Å². The van der Waals surface area contributed by atoms with Crippen molar-refractivity contribution < 1.29 is 9.90 Å². The Morgan fingerprint density at radius 1 is 1.62 bits per heavy atom. The number of carbonyl (C=O) groups is 1. The zero-order valence-corrected chi connectivity index (χ0v) is 10.5. The molecule has 0 aromatic heterocycles. The van der Waals surface area contributed by atoms with Crippen LogP contribution in [0.3, 0.4) is 0 Å². The minimum Gasteiger partial charge on any atom is -0.391 e. The van der Waals surface area contributed by atoms with Crippen LogP contribution in [-0.4, -0.2) is 41.1 Å². The molecular weight excluding hydrogens is 204 g/mol. The molecule has 1 aliphatic rings. The normalized spacial score (nSPS) is 29.9. The predicted molar refractivity (Wildman–Crippen MR) is 63.8 cm³/mol. The van der Waals surface area contributed by atoms with Crippen molar-refractivity contribution in [2.45, 2.75) is 45.8 Å². The number of aliphatic hydroxyl groups is 1. The summed E-state index contributed by atoms with van der Waals surface area (Å²) in [4.78, 5) is 13.8. The van der Waals surface area contributed by atoms with Crippen molar-refractivity contribution in [1.29, 1.82) is 0 Å². The minimum atomic E-state index is -0.425. The van der Waals surface area contributed by atoms with Crippen molar-refractivity contribution in [3.8, 4) is 0 Å². The van der Waals surface area contributed by atoms with E-state index in [1.165, 1.54) is 0 Å². The molecule has 0 aromatic carbocycles. The Morgan fingerprint density at radius 3 is 2.75 bits per heavy atom. The van der Waals surface area contributed by atoms with E-state index in [1.54, 1.807) is 4.90 Å². The summed E-state index contributed by atoms with van der Waals surface area (Å²) in [6.07, 6.45) is 1.36. The van der Waals surface area contributed by atoms with Crippen LogP contribution >= 0.6 is 0 Å². The molecule has 1 aliphatic heterocycles. The third-order valence-corrected chi connectivity index (χ3v) is 3.77. The predicted octanol–water partition coefficient (Wildman–Crippen LogP) is 0.589. The smallest absolute Gasteiger partial charge is 0.239 e. The molecule has 1 heterocycles. The Bertz CT molecular complexity index is 245. The number of hydrogen-bond donors (Lipinski definition) is 2. The third-order valence-electron chi connectivity index (χ3n) is 3.77. The zero-order valence-electron chi connectivity index (χ0n) is 10.5. The zero-order chi connectivity index (χ0) is 12.3. The molecule has 0 spiro atoms. The fourth-order valence-electron chi connectivity index (χ4n) is 1.96. The van der Waals surface area contributed by atoms with Gasteiger partial charge in [0.15, 0.2) is 0 Å². The van der Waals surface area contributed by atoms with Gasteiger partial charge in [-0.2, -0.15) is 0 Å². The lowest BCUT2D eigenvalue weighted by Gasteiger charge is -2.36. The van der Waals surface area contributed by atoms with Crippen LogP contribution in [0.1, 0.15) is 33.6 Å². The van der Waals surface area contributed by atoms with Gasteiger partial charge in [-0.15, -0.1) is 0 Å². The minimum absolute atomic E-state index is 0.0136. The van der Waals surface area contributed by atoms with Gasteiger partial charge in [-0.05, 0) is 18.3 Å². The number of carbonyl (C=O) groups excluding carboxylic acids is 1. The Morgan fingerprint density at radius 2 is 2.25 bits per heavy atom. The molecule has 0 radical (unpaired) electrons. The molecule has 0 saturated carbocycles. The first-order valence-corrected chi connectivity index (χ1v) is 6.19. The van der Waals surface area contributed by atoms with Gasteiger partial charge in [0, 0.05) is 13.1 Å². The highest BCUT2D eigenvalue weighted by atomic mass is 16.3. The number of nitrogens with two attached hydrogens (primary N) is 1. The lowest BCUT2D eigenvalue weighted by atomic mass is 9.93. The summed E-state index contributed by atoms with van der Waals surface area (Å²) in [5.74, 6) is 0.466. The molecule has 94 valence electrons. The summed E-state index contributed by atoms with van der Waals surface area (Å²) in [7, 11) is 0. The van der Waals surface area contributed by atoms with Gasteiger partial charge >= 0.3 is 0 Å². The molecule has 3 N–H and O–H groups in total. The monoisotopic (exact) mass is 228 g/mol. The van der Waals surface area contributed by atoms with E-state index >= 15 is 0 Å². The molecule has 1 fully saturated rings. The molecule has 0 bridgehead atoms. The summed E-state index contributed by atoms with van der Waals surface area (Å²) in [5.41, 5.74) is 5.91. The topological polar surface area (TPSA) is 66.6 Å². The van der Waals surface area contributed by atoms with E-state index in [-0.39, 0.29) is 17.7 Å². The molecule has 4 atom stereocenters. The molecule has 2 unspecified atom stereocenters. The highest BCUT2D eigenvalue weighted by Gasteiger charge is 2.31. The van der Waals surface area contributed by atoms with Crippen LogP contribution < -0.4 is 5.73 Å². The second-order valence-corrected chi connectivity index (χ2v) is 5.03. The van der Waals surface area contributed by atoms with Crippen molar-refractivity contribution in [3.63, 3.8) is 0 Å². The van der Waals surface area contributed by atoms with Gasteiger partial charge in [-0.25, -0.2) is 0 Å². The van der Waals surface area contributed by atoms with Crippen molar-refractivity contribution in [1.82, 2.24) is 4.90 Å². The van der Waals surface area contributed by atoms with Crippen LogP contribution in [0.15, 0.2) is 0 Å². The number of nitrogens with zero attached hydrogens (tertiary/aromatic N) is 1. The average molecular weight is 228 g/mol. The van der Waals surface area contributed by atoms with E-state index in [0.29, 0.717) is 6.54 Å². The van der Waals surface area contributed by atoms with Gasteiger partial charge in [-0.1, -0.05) is 27.2 Å². The maximum atomic E-state index is 12.0. The number of likely N-dealkylation sites (tertiary alicyclic amines) is 1. The summed E-state index contributed by atoms with van der Waals surface area (Å²) in [5, 5.41) is 9.74. The summed E-state index contributed by atoms with van der Waals surface area (Å²) < 4.78 is 0. The quantitative estimate of drug-likeness (QED) is 0.743. The van der Waals surface area contributed by atoms with Crippen molar-refractivity contribution in [2.24, 2.45) is 17.6 Å². The largest absolute Gasteiger partial charge is 0.391 e. The second-order valence-electron chi connectivity index (χ2n) is 5.03. The molecule has 16 heavy (non-hydrogen) atoms. The lowest BCUT2D eigenvalue weighted by molar-refractivity contribution is -0.138. The Labute approximate surface area is 97.8 Å². The van der Waals surface area contributed by atoms with Crippen LogP contribution in [0.5, 0.6) is 0 Å². The van der Waals surface area contributed by atoms with Crippen LogP contribution in [0.4, 0.5) is 0 Å². The SMILES string of the molecule is CC[C@H](C)[C@H](N)C(=O)N1CCC(C)C(O)C1. The van der Waals surface area contributed by atoms with Crippen molar-refractivity contribution >= 4 is 5.91 Å². The van der Waals surface area contributed by atoms with Crippen LogP contribution in [0.2, 0.25) is 0 Å². The maximum Gasteiger partial charge on any atom is 0.239 e. The van der Waals surface area contributed by atoms with Gasteiger partial charge in [-0.3, -0.25) is 4.79 Å². The number of rotatable bonds is 3. The highest BCUT2D eigenvalue weighted by molar-refractivity contribution is 5.82.